The van der Waals surface area contributed by atoms with Gasteiger partial charge in [-0.05, 0) is 29.8 Å². The lowest BCUT2D eigenvalue weighted by Gasteiger charge is -1.95. The van der Waals surface area contributed by atoms with E-state index in [-0.39, 0.29) is 0 Å². The fourth-order valence-corrected chi connectivity index (χ4v) is 1.20. The Labute approximate surface area is 75.6 Å². The molecule has 1 heterocycles. The number of benzene rings is 1. The maximum absolute atomic E-state index is 5.81. The Bertz CT molecular complexity index is 365. The van der Waals surface area contributed by atoms with Crippen LogP contribution in [0.15, 0.2) is 41.2 Å². The van der Waals surface area contributed by atoms with Crippen molar-refractivity contribution in [3.8, 4) is 11.1 Å². The van der Waals surface area contributed by atoms with Gasteiger partial charge >= 0.3 is 0 Å². The average molecular weight is 178 g/mol. The summed E-state index contributed by atoms with van der Waals surface area (Å²) in [6.07, 6.45) is 3.30. The molecule has 0 fully saturated rings. The number of hydrogen-bond acceptors (Lipinski definition) is 1. The van der Waals surface area contributed by atoms with Crippen molar-refractivity contribution in [1.29, 1.82) is 0 Å². The van der Waals surface area contributed by atoms with Crippen LogP contribution in [0.2, 0.25) is 5.02 Å². The van der Waals surface area contributed by atoms with Crippen LogP contribution in [0, 0.1) is 6.07 Å². The van der Waals surface area contributed by atoms with E-state index in [9.17, 15) is 0 Å². The third kappa shape index (κ3) is 1.36. The number of furan rings is 1. The highest BCUT2D eigenvalue weighted by Gasteiger charge is 1.98. The molecule has 2 aromatic rings. The normalized spacial score (nSPS) is 10.1. The summed E-state index contributed by atoms with van der Waals surface area (Å²) in [5.74, 6) is 0. The molecule has 59 valence electrons. The van der Waals surface area contributed by atoms with Gasteiger partial charge in [-0.25, -0.2) is 0 Å². The summed E-state index contributed by atoms with van der Waals surface area (Å²) in [6.45, 7) is 0. The van der Waals surface area contributed by atoms with Crippen LogP contribution in [0.1, 0.15) is 0 Å². The molecule has 1 aromatic heterocycles. The van der Waals surface area contributed by atoms with Crippen LogP contribution in [-0.4, -0.2) is 0 Å². The molecular weight excluding hydrogens is 172 g/mol. The van der Waals surface area contributed by atoms with E-state index in [1.54, 1.807) is 24.7 Å². The van der Waals surface area contributed by atoms with Gasteiger partial charge in [0.2, 0.25) is 0 Å². The quantitative estimate of drug-likeness (QED) is 0.651. The molecule has 0 saturated carbocycles. The molecule has 0 spiro atoms. The summed E-state index contributed by atoms with van der Waals surface area (Å²) in [4.78, 5) is 0. The average Bonchev–Trinajstić information content (AvgIpc) is 2.56. The summed E-state index contributed by atoms with van der Waals surface area (Å²) in [6, 6.07) is 10.4. The molecule has 1 nitrogen and oxygen atoms in total. The van der Waals surface area contributed by atoms with Gasteiger partial charge in [0.05, 0.1) is 12.5 Å². The van der Waals surface area contributed by atoms with E-state index < -0.39 is 0 Å². The van der Waals surface area contributed by atoms with Crippen molar-refractivity contribution in [1.82, 2.24) is 0 Å². The fourth-order valence-electron chi connectivity index (χ4n) is 1.02. The summed E-state index contributed by atoms with van der Waals surface area (Å²) in [5.41, 5.74) is 1.95. The van der Waals surface area contributed by atoms with Crippen molar-refractivity contribution in [2.75, 3.05) is 0 Å². The first-order valence-corrected chi connectivity index (χ1v) is 3.94. The summed E-state index contributed by atoms with van der Waals surface area (Å²) >= 11 is 5.81. The molecule has 0 unspecified atom stereocenters. The van der Waals surface area contributed by atoms with Crippen LogP contribution >= 0.6 is 11.6 Å². The zero-order valence-electron chi connectivity index (χ0n) is 6.25. The van der Waals surface area contributed by atoms with Gasteiger partial charge in [-0.3, -0.25) is 0 Å². The van der Waals surface area contributed by atoms with Gasteiger partial charge in [0.25, 0.3) is 0 Å². The molecule has 0 aliphatic rings. The number of rotatable bonds is 1. The molecule has 2 heteroatoms. The largest absolute Gasteiger partial charge is 0.472 e. The van der Waals surface area contributed by atoms with Gasteiger partial charge in [0.1, 0.15) is 0 Å². The number of hydrogen-bond donors (Lipinski definition) is 0. The Morgan fingerprint density at radius 1 is 1.33 bits per heavy atom. The molecule has 1 radical (unpaired) electrons. The Kier molecular flexibility index (Phi) is 1.88. The topological polar surface area (TPSA) is 13.1 Å². The molecule has 1 aromatic carbocycles. The first-order valence-electron chi connectivity index (χ1n) is 3.56. The van der Waals surface area contributed by atoms with E-state index in [1.807, 2.05) is 12.1 Å². The SMILES string of the molecule is Clc1cc[c]c(-c2ccoc2)c1. The number of halogens is 1. The molecule has 2 rings (SSSR count). The van der Waals surface area contributed by atoms with E-state index in [4.69, 9.17) is 16.0 Å². The van der Waals surface area contributed by atoms with Crippen molar-refractivity contribution in [3.63, 3.8) is 0 Å². The maximum atomic E-state index is 5.81. The Morgan fingerprint density at radius 3 is 2.92 bits per heavy atom. The van der Waals surface area contributed by atoms with Crippen molar-refractivity contribution in [3.05, 3.63) is 47.9 Å². The van der Waals surface area contributed by atoms with E-state index in [2.05, 4.69) is 6.07 Å². The zero-order valence-corrected chi connectivity index (χ0v) is 7.01. The monoisotopic (exact) mass is 177 g/mol. The molecule has 0 bridgehead atoms. The van der Waals surface area contributed by atoms with Crippen LogP contribution in [0.25, 0.3) is 11.1 Å². The summed E-state index contributed by atoms with van der Waals surface area (Å²) in [5, 5.41) is 0.713. The van der Waals surface area contributed by atoms with Crippen LogP contribution < -0.4 is 0 Å². The lowest BCUT2D eigenvalue weighted by Crippen LogP contribution is -1.72. The highest BCUT2D eigenvalue weighted by Crippen LogP contribution is 2.21. The van der Waals surface area contributed by atoms with Gasteiger partial charge in [-0.15, -0.1) is 0 Å². The van der Waals surface area contributed by atoms with Crippen molar-refractivity contribution in [2.24, 2.45) is 0 Å². The van der Waals surface area contributed by atoms with Crippen molar-refractivity contribution in [2.45, 2.75) is 0 Å². The predicted molar refractivity (Wildman–Crippen MR) is 48.0 cm³/mol. The first kappa shape index (κ1) is 7.44. The second kappa shape index (κ2) is 3.03. The van der Waals surface area contributed by atoms with Crippen LogP contribution in [0.5, 0.6) is 0 Å². The highest BCUT2D eigenvalue weighted by molar-refractivity contribution is 6.30. The van der Waals surface area contributed by atoms with Gasteiger partial charge in [0.15, 0.2) is 0 Å². The first-order chi connectivity index (χ1) is 5.86. The van der Waals surface area contributed by atoms with E-state index >= 15 is 0 Å². The van der Waals surface area contributed by atoms with Crippen molar-refractivity contribution >= 4 is 11.6 Å². The minimum atomic E-state index is 0.713. The van der Waals surface area contributed by atoms with Gasteiger partial charge in [-0.1, -0.05) is 17.7 Å². The lowest BCUT2D eigenvalue weighted by molar-refractivity contribution is 0.568. The minimum Gasteiger partial charge on any atom is -0.472 e. The molecule has 0 aliphatic carbocycles. The van der Waals surface area contributed by atoms with E-state index in [1.165, 1.54) is 0 Å². The third-order valence-corrected chi connectivity index (χ3v) is 1.83. The Hall–Kier alpha value is -1.21. The zero-order chi connectivity index (χ0) is 8.39. The minimum absolute atomic E-state index is 0.713. The van der Waals surface area contributed by atoms with Crippen LogP contribution in [0.4, 0.5) is 0 Å². The predicted octanol–water partition coefficient (Wildman–Crippen LogP) is 3.40. The molecule has 0 saturated heterocycles. The smallest absolute Gasteiger partial charge is 0.0981 e. The van der Waals surface area contributed by atoms with Crippen LogP contribution in [0.3, 0.4) is 0 Å². The maximum Gasteiger partial charge on any atom is 0.0981 e. The Balaban J connectivity index is 2.48. The van der Waals surface area contributed by atoms with E-state index in [0.29, 0.717) is 5.02 Å². The van der Waals surface area contributed by atoms with Gasteiger partial charge < -0.3 is 4.42 Å². The lowest BCUT2D eigenvalue weighted by atomic mass is 10.1. The molecule has 0 amide bonds. The van der Waals surface area contributed by atoms with Crippen LogP contribution in [-0.2, 0) is 0 Å². The molecular formula is C10H6ClO. The molecule has 0 aliphatic heterocycles. The molecule has 0 atom stereocenters. The van der Waals surface area contributed by atoms with E-state index in [0.717, 1.165) is 11.1 Å². The van der Waals surface area contributed by atoms with Gasteiger partial charge in [-0.2, -0.15) is 0 Å². The van der Waals surface area contributed by atoms with Crippen molar-refractivity contribution < 1.29 is 4.42 Å². The summed E-state index contributed by atoms with van der Waals surface area (Å²) < 4.78 is 4.95. The second-order valence-corrected chi connectivity index (χ2v) is 2.87. The molecule has 0 N–H and O–H groups in total. The molecule has 12 heavy (non-hydrogen) atoms. The third-order valence-electron chi connectivity index (χ3n) is 1.60. The standard InChI is InChI=1S/C10H6ClO/c11-10-3-1-2-8(6-10)9-4-5-12-7-9/h1,3-7H. The Morgan fingerprint density at radius 2 is 2.25 bits per heavy atom. The second-order valence-electron chi connectivity index (χ2n) is 2.43. The highest BCUT2D eigenvalue weighted by atomic mass is 35.5. The van der Waals surface area contributed by atoms with Gasteiger partial charge in [0, 0.05) is 10.6 Å². The summed E-state index contributed by atoms with van der Waals surface area (Å²) in [7, 11) is 0. The fraction of sp³-hybridized carbons (Fsp3) is 0.